The summed E-state index contributed by atoms with van der Waals surface area (Å²) in [5.41, 5.74) is 1.53. The van der Waals surface area contributed by atoms with Gasteiger partial charge in [-0.2, -0.15) is 0 Å². The molecule has 0 unspecified atom stereocenters. The van der Waals surface area contributed by atoms with Crippen molar-refractivity contribution >= 4 is 5.78 Å². The van der Waals surface area contributed by atoms with Crippen LogP contribution in [-0.4, -0.2) is 12.4 Å². The summed E-state index contributed by atoms with van der Waals surface area (Å²) in [7, 11) is 0. The van der Waals surface area contributed by atoms with Gasteiger partial charge in [0.05, 0.1) is 6.61 Å². The lowest BCUT2D eigenvalue weighted by Crippen LogP contribution is -2.03. The van der Waals surface area contributed by atoms with Crippen molar-refractivity contribution in [1.82, 2.24) is 0 Å². The predicted octanol–water partition coefficient (Wildman–Crippen LogP) is 5.10. The highest BCUT2D eigenvalue weighted by atomic mass is 16.5. The van der Waals surface area contributed by atoms with E-state index in [0.717, 1.165) is 42.8 Å². The first kappa shape index (κ1) is 15.6. The second-order valence-electron chi connectivity index (χ2n) is 5.40. The highest BCUT2D eigenvalue weighted by Crippen LogP contribution is 2.18. The van der Waals surface area contributed by atoms with E-state index >= 15 is 0 Å². The van der Waals surface area contributed by atoms with Gasteiger partial charge < -0.3 is 4.74 Å². The molecule has 0 atom stereocenters. The summed E-state index contributed by atoms with van der Waals surface area (Å²) in [6, 6.07) is 7.49. The van der Waals surface area contributed by atoms with E-state index in [2.05, 4.69) is 13.0 Å². The van der Waals surface area contributed by atoms with Crippen molar-refractivity contribution in [3.8, 4) is 5.75 Å². The van der Waals surface area contributed by atoms with Crippen LogP contribution < -0.4 is 4.74 Å². The molecule has 0 spiro atoms. The van der Waals surface area contributed by atoms with Crippen molar-refractivity contribution in [3.63, 3.8) is 0 Å². The molecule has 2 nitrogen and oxygen atoms in total. The van der Waals surface area contributed by atoms with Gasteiger partial charge in [-0.3, -0.25) is 4.79 Å². The zero-order valence-electron chi connectivity index (χ0n) is 12.8. The van der Waals surface area contributed by atoms with E-state index < -0.39 is 0 Å². The van der Waals surface area contributed by atoms with Crippen molar-refractivity contribution in [2.24, 2.45) is 0 Å². The lowest BCUT2D eigenvalue weighted by molar-refractivity contribution is 0.103. The van der Waals surface area contributed by atoms with Crippen LogP contribution in [0.15, 0.2) is 48.1 Å². The van der Waals surface area contributed by atoms with Gasteiger partial charge in [-0.1, -0.05) is 44.4 Å². The van der Waals surface area contributed by atoms with Crippen LogP contribution in [-0.2, 0) is 0 Å². The number of Topliss-reactive ketones (excluding diaryl/α,β-unsaturated/α-hetero) is 1. The lowest BCUT2D eigenvalue weighted by Gasteiger charge is -2.08. The fraction of sp³-hybridized carbons (Fsp3) is 0.421. The third-order valence-electron chi connectivity index (χ3n) is 3.64. The smallest absolute Gasteiger partial charge is 0.192 e. The van der Waals surface area contributed by atoms with Crippen LogP contribution in [0.25, 0.3) is 0 Å². The third kappa shape index (κ3) is 4.89. The number of ketones is 1. The van der Waals surface area contributed by atoms with E-state index in [0.29, 0.717) is 0 Å². The summed E-state index contributed by atoms with van der Waals surface area (Å²) in [5, 5.41) is 0. The third-order valence-corrected chi connectivity index (χ3v) is 3.64. The van der Waals surface area contributed by atoms with Crippen LogP contribution in [0.3, 0.4) is 0 Å². The number of hydrogen-bond acceptors (Lipinski definition) is 2. The fourth-order valence-electron chi connectivity index (χ4n) is 2.37. The van der Waals surface area contributed by atoms with Crippen LogP contribution in [0.1, 0.15) is 55.8 Å². The maximum Gasteiger partial charge on any atom is 0.192 e. The van der Waals surface area contributed by atoms with Gasteiger partial charge in [0.25, 0.3) is 0 Å². The molecule has 112 valence electrons. The fourth-order valence-corrected chi connectivity index (χ4v) is 2.37. The highest BCUT2D eigenvalue weighted by Gasteiger charge is 2.11. The van der Waals surface area contributed by atoms with Gasteiger partial charge in [0.1, 0.15) is 5.75 Å². The molecule has 0 radical (unpaired) electrons. The number of allylic oxidation sites excluding steroid dienone is 4. The molecule has 2 rings (SSSR count). The Labute approximate surface area is 127 Å². The summed E-state index contributed by atoms with van der Waals surface area (Å²) in [4.78, 5) is 12.3. The topological polar surface area (TPSA) is 26.3 Å². The number of benzene rings is 1. The summed E-state index contributed by atoms with van der Waals surface area (Å²) >= 11 is 0. The maximum absolute atomic E-state index is 12.3. The Hall–Kier alpha value is -1.83. The normalized spacial score (nSPS) is 13.9. The molecule has 0 amide bonds. The minimum atomic E-state index is 0.0976. The molecule has 0 heterocycles. The average Bonchev–Trinajstić information content (AvgIpc) is 2.55. The Morgan fingerprint density at radius 1 is 1.10 bits per heavy atom. The number of carbonyl (C=O) groups excluding carboxylic acids is 1. The van der Waals surface area contributed by atoms with Crippen LogP contribution in [0.4, 0.5) is 0 Å². The number of hydrogen-bond donors (Lipinski definition) is 0. The van der Waals surface area contributed by atoms with E-state index in [-0.39, 0.29) is 5.78 Å². The molecule has 1 aromatic rings. The molecule has 21 heavy (non-hydrogen) atoms. The first-order chi connectivity index (χ1) is 10.3. The molecule has 0 aliphatic heterocycles. The monoisotopic (exact) mass is 284 g/mol. The summed E-state index contributed by atoms with van der Waals surface area (Å²) in [5.74, 6) is 0.941. The van der Waals surface area contributed by atoms with Crippen molar-refractivity contribution in [1.29, 1.82) is 0 Å². The van der Waals surface area contributed by atoms with Crippen molar-refractivity contribution < 1.29 is 9.53 Å². The quantitative estimate of drug-likeness (QED) is 0.490. The Bertz CT molecular complexity index is 509. The van der Waals surface area contributed by atoms with Crippen molar-refractivity contribution in [3.05, 3.63) is 53.6 Å². The van der Waals surface area contributed by atoms with Crippen molar-refractivity contribution in [2.75, 3.05) is 6.61 Å². The SMILES string of the molecule is CCCCCCOc1ccc(C(=O)C2=CCCC=C2)cc1. The first-order valence-corrected chi connectivity index (χ1v) is 7.95. The minimum absolute atomic E-state index is 0.0976. The second-order valence-corrected chi connectivity index (χ2v) is 5.40. The molecular formula is C19H24O2. The second kappa shape index (κ2) is 8.46. The molecule has 1 aliphatic rings. The number of rotatable bonds is 8. The largest absolute Gasteiger partial charge is 0.494 e. The molecule has 1 aromatic carbocycles. The minimum Gasteiger partial charge on any atom is -0.494 e. The molecule has 0 bridgehead atoms. The maximum atomic E-state index is 12.3. The zero-order valence-corrected chi connectivity index (χ0v) is 12.8. The van der Waals surface area contributed by atoms with Gasteiger partial charge in [-0.15, -0.1) is 0 Å². The summed E-state index contributed by atoms with van der Waals surface area (Å²) in [6.07, 6.45) is 12.8. The van der Waals surface area contributed by atoms with Gasteiger partial charge >= 0.3 is 0 Å². The average molecular weight is 284 g/mol. The molecule has 0 fully saturated rings. The number of ether oxygens (including phenoxy) is 1. The Morgan fingerprint density at radius 2 is 1.90 bits per heavy atom. The zero-order chi connectivity index (χ0) is 14.9. The van der Waals surface area contributed by atoms with Gasteiger partial charge in [0.15, 0.2) is 5.78 Å². The van der Waals surface area contributed by atoms with E-state index in [9.17, 15) is 4.79 Å². The van der Waals surface area contributed by atoms with Crippen molar-refractivity contribution in [2.45, 2.75) is 45.4 Å². The predicted molar refractivity (Wildman–Crippen MR) is 86.9 cm³/mol. The van der Waals surface area contributed by atoms with Gasteiger partial charge in [-0.25, -0.2) is 0 Å². The molecule has 0 saturated heterocycles. The first-order valence-electron chi connectivity index (χ1n) is 7.95. The molecule has 2 heteroatoms. The Balaban J connectivity index is 1.85. The Kier molecular flexibility index (Phi) is 6.26. The highest BCUT2D eigenvalue weighted by molar-refractivity contribution is 6.10. The van der Waals surface area contributed by atoms with E-state index in [1.165, 1.54) is 19.3 Å². The van der Waals surface area contributed by atoms with Crippen LogP contribution >= 0.6 is 0 Å². The molecule has 0 saturated carbocycles. The molecular weight excluding hydrogens is 260 g/mol. The van der Waals surface area contributed by atoms with E-state index in [4.69, 9.17) is 4.74 Å². The van der Waals surface area contributed by atoms with Crippen LogP contribution in [0.2, 0.25) is 0 Å². The Morgan fingerprint density at radius 3 is 2.57 bits per heavy atom. The summed E-state index contributed by atoms with van der Waals surface area (Å²) in [6.45, 7) is 2.95. The standard InChI is InChI=1S/C19H24O2/c1-2-3-4-8-15-21-18-13-11-17(12-14-18)19(20)16-9-6-5-7-10-16/h6,9-14H,2-5,7-8,15H2,1H3. The van der Waals surface area contributed by atoms with Gasteiger partial charge in [-0.05, 0) is 43.5 Å². The van der Waals surface area contributed by atoms with Gasteiger partial charge in [0, 0.05) is 11.1 Å². The molecule has 0 N–H and O–H groups in total. The number of carbonyl (C=O) groups is 1. The molecule has 0 aromatic heterocycles. The summed E-state index contributed by atoms with van der Waals surface area (Å²) < 4.78 is 5.69. The van der Waals surface area contributed by atoms with Gasteiger partial charge in [0.2, 0.25) is 0 Å². The van der Waals surface area contributed by atoms with E-state index in [1.54, 1.807) is 0 Å². The molecule has 1 aliphatic carbocycles. The van der Waals surface area contributed by atoms with E-state index in [1.807, 2.05) is 36.4 Å². The number of unbranched alkanes of at least 4 members (excludes halogenated alkanes) is 3. The lowest BCUT2D eigenvalue weighted by atomic mass is 9.98. The van der Waals surface area contributed by atoms with Crippen LogP contribution in [0, 0.1) is 0 Å². The van der Waals surface area contributed by atoms with Crippen LogP contribution in [0.5, 0.6) is 5.75 Å².